The molecule has 0 bridgehead atoms. The van der Waals surface area contributed by atoms with E-state index in [0.29, 0.717) is 31.3 Å². The second kappa shape index (κ2) is 20.1. The third kappa shape index (κ3) is 11.3. The summed E-state index contributed by atoms with van der Waals surface area (Å²) in [4.78, 5) is 3.40. The zero-order chi connectivity index (χ0) is 31.6. The van der Waals surface area contributed by atoms with Crippen molar-refractivity contribution in [2.24, 2.45) is 4.52 Å². The summed E-state index contributed by atoms with van der Waals surface area (Å²) >= 11 is 0. The van der Waals surface area contributed by atoms with Crippen molar-refractivity contribution in [3.8, 4) is 17.2 Å². The fourth-order valence-electron chi connectivity index (χ4n) is 3.99. The third-order valence-electron chi connectivity index (χ3n) is 6.01. The van der Waals surface area contributed by atoms with Crippen LogP contribution in [0.2, 0.25) is 0 Å². The molecule has 0 aromatic heterocycles. The Balaban J connectivity index is 1.96. The third-order valence-corrected chi connectivity index (χ3v) is 12.8. The van der Waals surface area contributed by atoms with Crippen molar-refractivity contribution in [1.82, 2.24) is 4.86 Å². The Labute approximate surface area is 263 Å². The van der Waals surface area contributed by atoms with E-state index in [9.17, 15) is 0 Å². The van der Waals surface area contributed by atoms with Gasteiger partial charge in [-0.15, -0.1) is 0 Å². The van der Waals surface area contributed by atoms with Crippen LogP contribution in [-0.2, 0) is 47.0 Å². The predicted molar refractivity (Wildman–Crippen MR) is 177 cm³/mol. The van der Waals surface area contributed by atoms with Gasteiger partial charge in [-0.25, -0.2) is 0 Å². The molecule has 0 radical (unpaired) electrons. The molecular formula is C30H45N2O9P3. The quantitative estimate of drug-likeness (QED) is 0.111. The van der Waals surface area contributed by atoms with Gasteiger partial charge in [0, 0.05) is 0 Å². The van der Waals surface area contributed by atoms with Crippen LogP contribution in [0, 0.1) is 0 Å². The van der Waals surface area contributed by atoms with Gasteiger partial charge >= 0.3 is 264 Å². The summed E-state index contributed by atoms with van der Waals surface area (Å²) in [6.07, 6.45) is 0. The van der Waals surface area contributed by atoms with Crippen molar-refractivity contribution in [2.75, 3.05) is 41.2 Å². The van der Waals surface area contributed by atoms with Crippen LogP contribution in [0.15, 0.2) is 77.3 Å². The van der Waals surface area contributed by atoms with Gasteiger partial charge in [-0.2, -0.15) is 0 Å². The number of benzene rings is 3. The molecule has 0 fully saturated rings. The Hall–Kier alpha value is -2.13. The van der Waals surface area contributed by atoms with Crippen molar-refractivity contribution < 1.29 is 41.4 Å². The predicted octanol–water partition coefficient (Wildman–Crippen LogP) is 8.23. The van der Waals surface area contributed by atoms with E-state index in [-0.39, 0.29) is 19.8 Å². The van der Waals surface area contributed by atoms with Crippen molar-refractivity contribution in [3.05, 3.63) is 89.5 Å². The van der Waals surface area contributed by atoms with Gasteiger partial charge in [-0.3, -0.25) is 0 Å². The molecule has 1 N–H and O–H groups in total. The first-order valence-corrected chi connectivity index (χ1v) is 18.5. The normalized spacial score (nSPS) is 13.4. The van der Waals surface area contributed by atoms with Gasteiger partial charge in [-0.1, -0.05) is 0 Å². The number of methoxy groups -OCH3 is 3. The number of rotatable bonds is 21. The second-order valence-corrected chi connectivity index (χ2v) is 14.6. The first-order chi connectivity index (χ1) is 21.5. The molecule has 0 aliphatic carbocycles. The average molecular weight is 671 g/mol. The van der Waals surface area contributed by atoms with Crippen LogP contribution < -0.4 is 19.1 Å². The van der Waals surface area contributed by atoms with Crippen LogP contribution >= 0.6 is 24.7 Å². The van der Waals surface area contributed by atoms with Gasteiger partial charge in [0.05, 0.1) is 0 Å². The van der Waals surface area contributed by atoms with Gasteiger partial charge in [0.2, 0.25) is 0 Å². The van der Waals surface area contributed by atoms with Gasteiger partial charge < -0.3 is 0 Å². The molecule has 0 aliphatic heterocycles. The number of hydrogen-bond acceptors (Lipinski definition) is 11. The van der Waals surface area contributed by atoms with Crippen LogP contribution in [0.1, 0.15) is 37.5 Å². The summed E-state index contributed by atoms with van der Waals surface area (Å²) in [7, 11) is -2.84. The molecule has 3 rings (SSSR count). The monoisotopic (exact) mass is 670 g/mol. The molecule has 0 saturated carbocycles. The minimum atomic E-state index is -3.70. The fourth-order valence-corrected chi connectivity index (χ4v) is 10.6. The number of nitrogens with zero attached hydrogens (tertiary/aromatic N) is 1. The van der Waals surface area contributed by atoms with Crippen LogP contribution in [-0.4, -0.2) is 41.2 Å². The minimum absolute atomic E-state index is 0.155. The van der Waals surface area contributed by atoms with Crippen LogP contribution in [0.3, 0.4) is 0 Å². The maximum atomic E-state index is 6.58. The van der Waals surface area contributed by atoms with Crippen molar-refractivity contribution in [2.45, 2.75) is 40.6 Å². The van der Waals surface area contributed by atoms with E-state index in [2.05, 4.69) is 4.86 Å². The van der Waals surface area contributed by atoms with Gasteiger partial charge in [0.15, 0.2) is 0 Å². The molecule has 2 unspecified atom stereocenters. The van der Waals surface area contributed by atoms with Crippen LogP contribution in [0.5, 0.6) is 17.2 Å². The van der Waals surface area contributed by atoms with E-state index in [1.165, 1.54) is 0 Å². The van der Waals surface area contributed by atoms with Gasteiger partial charge in [-0.05, 0) is 0 Å². The van der Waals surface area contributed by atoms with E-state index in [0.717, 1.165) is 22.4 Å². The Bertz CT molecular complexity index is 1300. The molecule has 11 nitrogen and oxygen atoms in total. The van der Waals surface area contributed by atoms with Crippen LogP contribution in [0.25, 0.3) is 0 Å². The van der Waals surface area contributed by atoms with E-state index >= 15 is 0 Å². The Morgan fingerprint density at radius 1 is 0.614 bits per heavy atom. The zero-order valence-corrected chi connectivity index (χ0v) is 29.1. The summed E-state index contributed by atoms with van der Waals surface area (Å²) in [6, 6.07) is 23.0. The van der Waals surface area contributed by atoms with E-state index in [1.54, 1.807) is 21.3 Å². The van der Waals surface area contributed by atoms with Crippen molar-refractivity contribution in [1.29, 1.82) is 0 Å². The number of para-hydroxylation sites is 3. The molecule has 0 heterocycles. The molecule has 14 heteroatoms. The topological polar surface area (TPSA) is 107 Å². The van der Waals surface area contributed by atoms with Crippen molar-refractivity contribution >= 4 is 24.7 Å². The second-order valence-electron chi connectivity index (χ2n) is 8.90. The number of hydrogen-bond donors (Lipinski definition) is 1. The fraction of sp³-hybridized carbons (Fsp3) is 0.400. The molecular weight excluding hydrogens is 625 g/mol. The Morgan fingerprint density at radius 3 is 1.64 bits per heavy atom. The van der Waals surface area contributed by atoms with Crippen molar-refractivity contribution in [3.63, 3.8) is 0 Å². The van der Waals surface area contributed by atoms with Crippen LogP contribution in [0.4, 0.5) is 0 Å². The molecule has 2 atom stereocenters. The molecule has 3 aromatic carbocycles. The van der Waals surface area contributed by atoms with E-state index < -0.39 is 24.7 Å². The number of nitrogens with one attached hydrogen (secondary N) is 1. The summed E-state index contributed by atoms with van der Waals surface area (Å²) in [5.41, 5.74) is 2.58. The summed E-state index contributed by atoms with van der Waals surface area (Å²) in [6.45, 7) is 7.38. The van der Waals surface area contributed by atoms with Gasteiger partial charge in [0.25, 0.3) is 0 Å². The molecule has 0 spiro atoms. The summed E-state index contributed by atoms with van der Waals surface area (Å²) < 4.78 is 59.1. The maximum absolute atomic E-state index is 6.58. The standard InChI is InChI=1S/C30H45N2O9P3/c1-7-36-42(38-22-25-16-10-13-19-28(25)33-4)31-44(40-9-3,41-24-27-18-12-15-21-30(27)35-6)32-43(37-8-2)39-23-26-17-11-14-20-29(26)34-5/h10-21,31,43-44H,7-9,22-24H2,1-6H3. The Kier molecular flexibility index (Phi) is 16.6. The van der Waals surface area contributed by atoms with Gasteiger partial charge in [0.1, 0.15) is 0 Å². The first kappa shape index (κ1) is 36.3. The summed E-state index contributed by atoms with van der Waals surface area (Å²) in [5, 5.41) is 0. The van der Waals surface area contributed by atoms with E-state index in [4.69, 9.17) is 45.9 Å². The summed E-state index contributed by atoms with van der Waals surface area (Å²) in [5.74, 6) is 2.12. The zero-order valence-electron chi connectivity index (χ0n) is 26.2. The molecule has 244 valence electrons. The molecule has 44 heavy (non-hydrogen) atoms. The average Bonchev–Trinajstić information content (AvgIpc) is 3.05. The molecule has 0 amide bonds. The molecule has 0 aliphatic rings. The Morgan fingerprint density at radius 2 is 1.14 bits per heavy atom. The van der Waals surface area contributed by atoms with E-state index in [1.807, 2.05) is 93.6 Å². The molecule has 3 aromatic rings. The molecule has 0 saturated heterocycles. The first-order valence-electron chi connectivity index (χ1n) is 14.3. The number of ether oxygens (including phenoxy) is 3. The SMILES string of the molecule is CCOP(N[PH](/N=[PH](/OCC)OCc1ccccc1OC)(OCC)OCc1ccccc1OC)OCc1ccccc1OC.